The standard InChI is InChI=1S/C9H14N6/c1(2-9-11-7-13-15-9)4-10-6-8-3-5-12-14-8/h3,5,7,10H,1-2,4,6H2,(H,12,14)(H,11,13,15). The number of hydrogen-bond donors (Lipinski definition) is 3. The van der Waals surface area contributed by atoms with Crippen molar-refractivity contribution in [2.75, 3.05) is 6.54 Å². The van der Waals surface area contributed by atoms with Crippen molar-refractivity contribution < 1.29 is 0 Å². The van der Waals surface area contributed by atoms with Crippen LogP contribution in [0.2, 0.25) is 0 Å². The molecule has 6 heteroatoms. The van der Waals surface area contributed by atoms with E-state index < -0.39 is 0 Å². The molecule has 0 aromatic carbocycles. The van der Waals surface area contributed by atoms with Gasteiger partial charge in [0.1, 0.15) is 12.2 Å². The van der Waals surface area contributed by atoms with Crippen LogP contribution in [0.5, 0.6) is 0 Å². The third-order valence-electron chi connectivity index (χ3n) is 2.11. The van der Waals surface area contributed by atoms with E-state index >= 15 is 0 Å². The molecule has 6 nitrogen and oxygen atoms in total. The van der Waals surface area contributed by atoms with E-state index in [1.165, 1.54) is 6.33 Å². The van der Waals surface area contributed by atoms with E-state index in [1.54, 1.807) is 6.20 Å². The maximum atomic E-state index is 4.05. The molecular weight excluding hydrogens is 192 g/mol. The summed E-state index contributed by atoms with van der Waals surface area (Å²) in [6, 6.07) is 1.96. The van der Waals surface area contributed by atoms with Crippen LogP contribution in [0.1, 0.15) is 17.9 Å². The molecule has 0 fully saturated rings. The summed E-state index contributed by atoms with van der Waals surface area (Å²) in [7, 11) is 0. The highest BCUT2D eigenvalue weighted by Crippen LogP contribution is 1.93. The van der Waals surface area contributed by atoms with E-state index in [-0.39, 0.29) is 0 Å². The molecule has 0 aliphatic heterocycles. The molecule has 15 heavy (non-hydrogen) atoms. The maximum Gasteiger partial charge on any atom is 0.137 e. The van der Waals surface area contributed by atoms with Gasteiger partial charge in [-0.2, -0.15) is 10.2 Å². The molecule has 2 heterocycles. The van der Waals surface area contributed by atoms with Crippen LogP contribution in [0, 0.1) is 0 Å². The topological polar surface area (TPSA) is 82.3 Å². The molecule has 2 aromatic rings. The first kappa shape index (κ1) is 9.85. The van der Waals surface area contributed by atoms with Crippen molar-refractivity contribution in [3.63, 3.8) is 0 Å². The maximum absolute atomic E-state index is 4.05. The van der Waals surface area contributed by atoms with Crippen molar-refractivity contribution in [2.45, 2.75) is 19.4 Å². The normalized spacial score (nSPS) is 10.7. The number of hydrogen-bond acceptors (Lipinski definition) is 4. The second-order valence-corrected chi connectivity index (χ2v) is 3.29. The zero-order valence-corrected chi connectivity index (χ0v) is 8.40. The molecule has 0 atom stereocenters. The molecule has 0 spiro atoms. The van der Waals surface area contributed by atoms with Crippen LogP contribution in [0.4, 0.5) is 0 Å². The minimum Gasteiger partial charge on any atom is -0.311 e. The minimum atomic E-state index is 0.830. The summed E-state index contributed by atoms with van der Waals surface area (Å²) in [5.41, 5.74) is 1.11. The highest BCUT2D eigenvalue weighted by atomic mass is 15.2. The Morgan fingerprint density at radius 3 is 3.00 bits per heavy atom. The first-order valence-electron chi connectivity index (χ1n) is 4.98. The van der Waals surface area contributed by atoms with Crippen LogP contribution in [0.3, 0.4) is 0 Å². The highest BCUT2D eigenvalue weighted by Gasteiger charge is 1.96. The highest BCUT2D eigenvalue weighted by molar-refractivity contribution is 4.96. The molecule has 0 radical (unpaired) electrons. The van der Waals surface area contributed by atoms with E-state index in [4.69, 9.17) is 0 Å². The van der Waals surface area contributed by atoms with Crippen molar-refractivity contribution in [3.8, 4) is 0 Å². The van der Waals surface area contributed by atoms with Crippen LogP contribution < -0.4 is 5.32 Å². The Hall–Kier alpha value is -1.69. The van der Waals surface area contributed by atoms with Gasteiger partial charge in [-0.1, -0.05) is 0 Å². The van der Waals surface area contributed by atoms with Crippen molar-refractivity contribution in [1.29, 1.82) is 0 Å². The summed E-state index contributed by atoms with van der Waals surface area (Å²) in [5.74, 6) is 0.943. The third-order valence-corrected chi connectivity index (χ3v) is 2.11. The molecule has 0 aliphatic rings. The Morgan fingerprint density at radius 1 is 1.27 bits per heavy atom. The van der Waals surface area contributed by atoms with Gasteiger partial charge in [-0.3, -0.25) is 10.2 Å². The summed E-state index contributed by atoms with van der Waals surface area (Å²) in [5, 5.41) is 16.7. The lowest BCUT2D eigenvalue weighted by Crippen LogP contribution is -2.15. The molecular formula is C9H14N6. The lowest BCUT2D eigenvalue weighted by atomic mass is 10.3. The van der Waals surface area contributed by atoms with Gasteiger partial charge in [-0.25, -0.2) is 4.98 Å². The van der Waals surface area contributed by atoms with Crippen LogP contribution in [-0.4, -0.2) is 31.9 Å². The average molecular weight is 206 g/mol. The first-order valence-corrected chi connectivity index (χ1v) is 4.98. The smallest absolute Gasteiger partial charge is 0.137 e. The van der Waals surface area contributed by atoms with E-state index in [0.29, 0.717) is 0 Å². The van der Waals surface area contributed by atoms with Gasteiger partial charge in [0.25, 0.3) is 0 Å². The van der Waals surface area contributed by atoms with E-state index in [2.05, 4.69) is 30.7 Å². The fourth-order valence-electron chi connectivity index (χ4n) is 1.34. The number of nitrogens with one attached hydrogen (secondary N) is 3. The second-order valence-electron chi connectivity index (χ2n) is 3.29. The van der Waals surface area contributed by atoms with Crippen molar-refractivity contribution in [1.82, 2.24) is 30.7 Å². The van der Waals surface area contributed by atoms with Gasteiger partial charge in [-0.15, -0.1) is 0 Å². The number of aromatic amines is 2. The Kier molecular flexibility index (Phi) is 3.45. The fourth-order valence-corrected chi connectivity index (χ4v) is 1.34. The van der Waals surface area contributed by atoms with Crippen molar-refractivity contribution in [3.05, 3.63) is 30.1 Å². The Balaban J connectivity index is 1.56. The first-order chi connectivity index (χ1) is 7.45. The average Bonchev–Trinajstić information content (AvgIpc) is 2.88. The Bertz CT molecular complexity index is 316. The van der Waals surface area contributed by atoms with E-state index in [9.17, 15) is 0 Å². The molecule has 0 amide bonds. The van der Waals surface area contributed by atoms with Crippen LogP contribution in [-0.2, 0) is 13.0 Å². The number of nitrogens with zero attached hydrogens (tertiary/aromatic N) is 3. The predicted molar refractivity (Wildman–Crippen MR) is 55.0 cm³/mol. The summed E-state index contributed by atoms with van der Waals surface area (Å²) in [4.78, 5) is 4.05. The molecule has 0 saturated heterocycles. The van der Waals surface area contributed by atoms with E-state index in [1.807, 2.05) is 6.07 Å². The Morgan fingerprint density at radius 2 is 2.27 bits per heavy atom. The Labute approximate surface area is 87.5 Å². The van der Waals surface area contributed by atoms with Crippen molar-refractivity contribution >= 4 is 0 Å². The lowest BCUT2D eigenvalue weighted by Gasteiger charge is -2.01. The van der Waals surface area contributed by atoms with Gasteiger partial charge in [0.2, 0.25) is 0 Å². The van der Waals surface area contributed by atoms with Gasteiger partial charge < -0.3 is 5.32 Å². The summed E-state index contributed by atoms with van der Waals surface area (Å²) in [6.07, 6.45) is 5.26. The van der Waals surface area contributed by atoms with E-state index in [0.717, 1.165) is 37.4 Å². The summed E-state index contributed by atoms with van der Waals surface area (Å²) in [6.45, 7) is 1.79. The quantitative estimate of drug-likeness (QED) is 0.592. The SMILES string of the molecule is c1cc(CNCCCc2ncn[nH]2)[nH]n1. The second kappa shape index (κ2) is 5.26. The molecule has 80 valence electrons. The largest absolute Gasteiger partial charge is 0.311 e. The van der Waals surface area contributed by atoms with Crippen LogP contribution >= 0.6 is 0 Å². The molecule has 2 aromatic heterocycles. The van der Waals surface area contributed by atoms with Crippen molar-refractivity contribution in [2.24, 2.45) is 0 Å². The van der Waals surface area contributed by atoms with Gasteiger partial charge in [-0.05, 0) is 19.0 Å². The van der Waals surface area contributed by atoms with Gasteiger partial charge in [0, 0.05) is 24.9 Å². The summed E-state index contributed by atoms with van der Waals surface area (Å²) < 4.78 is 0. The minimum absolute atomic E-state index is 0.830. The zero-order chi connectivity index (χ0) is 10.3. The fraction of sp³-hybridized carbons (Fsp3) is 0.444. The number of H-pyrrole nitrogens is 2. The number of aryl methyl sites for hydroxylation is 1. The zero-order valence-electron chi connectivity index (χ0n) is 8.40. The molecule has 2 rings (SSSR count). The summed E-state index contributed by atoms with van der Waals surface area (Å²) >= 11 is 0. The molecule has 3 N–H and O–H groups in total. The monoisotopic (exact) mass is 206 g/mol. The lowest BCUT2D eigenvalue weighted by molar-refractivity contribution is 0.631. The molecule has 0 bridgehead atoms. The number of aromatic nitrogens is 5. The van der Waals surface area contributed by atoms with Crippen LogP contribution in [0.25, 0.3) is 0 Å². The third kappa shape index (κ3) is 3.17. The van der Waals surface area contributed by atoms with Gasteiger partial charge >= 0.3 is 0 Å². The molecule has 0 aliphatic carbocycles. The van der Waals surface area contributed by atoms with Gasteiger partial charge in [0.05, 0.1) is 0 Å². The predicted octanol–water partition coefficient (Wildman–Crippen LogP) is 0.250. The van der Waals surface area contributed by atoms with Gasteiger partial charge in [0.15, 0.2) is 0 Å². The number of rotatable bonds is 6. The molecule has 0 saturated carbocycles. The molecule has 0 unspecified atom stereocenters. The van der Waals surface area contributed by atoms with Crippen LogP contribution in [0.15, 0.2) is 18.6 Å².